The molecule has 0 aliphatic rings. The van der Waals surface area contributed by atoms with Crippen LogP contribution in [0.25, 0.3) is 0 Å². The molecule has 0 saturated heterocycles. The highest BCUT2D eigenvalue weighted by molar-refractivity contribution is 8.14. The lowest BCUT2D eigenvalue weighted by Gasteiger charge is -2.02. The topological polar surface area (TPSA) is 57.5 Å². The summed E-state index contributed by atoms with van der Waals surface area (Å²) >= 11 is 0.942. The molecule has 0 rings (SSSR count). The number of carbonyl (C=O) groups is 1. The molecule has 0 aliphatic heterocycles. The minimum absolute atomic E-state index is 0.188. The van der Waals surface area contributed by atoms with E-state index in [0.29, 0.717) is 0 Å². The zero-order valence-electron chi connectivity index (χ0n) is 5.49. The molecule has 0 radical (unpaired) electrons. The number of hydrogen-bond acceptors (Lipinski definition) is 4. The van der Waals surface area contributed by atoms with E-state index in [0.717, 1.165) is 11.8 Å². The van der Waals surface area contributed by atoms with E-state index in [2.05, 4.69) is 6.58 Å². The predicted octanol–water partition coefficient (Wildman–Crippen LogP) is -0.215. The second-order valence-electron chi connectivity index (χ2n) is 1.67. The van der Waals surface area contributed by atoms with Gasteiger partial charge in [0.2, 0.25) is 5.12 Å². The molecule has 0 amide bonds. The van der Waals surface area contributed by atoms with Crippen LogP contribution in [0.4, 0.5) is 0 Å². The molecule has 0 aromatic carbocycles. The minimum Gasteiger partial charge on any atom is -0.394 e. The summed E-state index contributed by atoms with van der Waals surface area (Å²) in [6.07, 6.45) is 0.364. The van der Waals surface area contributed by atoms with Gasteiger partial charge in [0.1, 0.15) is 0 Å². The maximum Gasteiger partial charge on any atom is 0.211 e. The molecule has 3 nitrogen and oxygen atoms in total. The molecule has 4 heteroatoms. The Balaban J connectivity index is 3.34. The van der Waals surface area contributed by atoms with Crippen molar-refractivity contribution in [2.75, 3.05) is 12.4 Å². The Bertz CT molecular complexity index is 124. The van der Waals surface area contributed by atoms with E-state index in [1.807, 2.05) is 0 Å². The van der Waals surface area contributed by atoms with Crippen LogP contribution >= 0.6 is 11.8 Å². The summed E-state index contributed by atoms with van der Waals surface area (Å²) in [4.78, 5) is 10.5. The van der Waals surface area contributed by atoms with Gasteiger partial charge in [-0.2, -0.15) is 0 Å². The van der Waals surface area contributed by atoms with Crippen molar-refractivity contribution in [1.29, 1.82) is 0 Å². The van der Waals surface area contributed by atoms with Gasteiger partial charge in [-0.05, 0) is 6.08 Å². The zero-order valence-corrected chi connectivity index (χ0v) is 6.30. The summed E-state index contributed by atoms with van der Waals surface area (Å²) in [5.74, 6) is 0.224. The summed E-state index contributed by atoms with van der Waals surface area (Å²) < 4.78 is 0. The molecule has 10 heavy (non-hydrogen) atoms. The van der Waals surface area contributed by atoms with Crippen molar-refractivity contribution in [2.24, 2.45) is 0 Å². The molecule has 0 saturated carbocycles. The van der Waals surface area contributed by atoms with Gasteiger partial charge in [-0.3, -0.25) is 4.79 Å². The van der Waals surface area contributed by atoms with Gasteiger partial charge in [0.15, 0.2) is 0 Å². The van der Waals surface area contributed by atoms with E-state index >= 15 is 0 Å². The molecule has 2 N–H and O–H groups in total. The summed E-state index contributed by atoms with van der Waals surface area (Å²) in [6, 6.07) is 0. The minimum atomic E-state index is -0.811. The molecule has 0 bridgehead atoms. The molecule has 0 heterocycles. The number of carbonyl (C=O) groups excluding carboxylic acids is 1. The largest absolute Gasteiger partial charge is 0.394 e. The van der Waals surface area contributed by atoms with Gasteiger partial charge in [-0.1, -0.05) is 18.3 Å². The first kappa shape index (κ1) is 9.68. The molecule has 0 aromatic heterocycles. The highest BCUT2D eigenvalue weighted by Gasteiger charge is 2.03. The molecular formula is C6H10O3S. The number of thioether (sulfide) groups is 1. The summed E-state index contributed by atoms with van der Waals surface area (Å²) in [5, 5.41) is 16.9. The van der Waals surface area contributed by atoms with Crippen LogP contribution in [0.3, 0.4) is 0 Å². The second kappa shape index (κ2) is 5.46. The molecular weight excluding hydrogens is 152 g/mol. The Kier molecular flexibility index (Phi) is 5.29. The lowest BCUT2D eigenvalue weighted by atomic mass is 10.4. The highest BCUT2D eigenvalue weighted by Crippen LogP contribution is 2.04. The Morgan fingerprint density at radius 3 is 2.80 bits per heavy atom. The van der Waals surface area contributed by atoms with Crippen LogP contribution < -0.4 is 0 Å². The molecule has 0 fully saturated rings. The Hall–Kier alpha value is -0.320. The quantitative estimate of drug-likeness (QED) is 0.561. The van der Waals surface area contributed by atoms with Crippen LogP contribution in [0, 0.1) is 0 Å². The van der Waals surface area contributed by atoms with Crippen molar-refractivity contribution < 1.29 is 15.0 Å². The Morgan fingerprint density at radius 2 is 2.40 bits per heavy atom. The highest BCUT2D eigenvalue weighted by atomic mass is 32.2. The summed E-state index contributed by atoms with van der Waals surface area (Å²) in [7, 11) is 0. The van der Waals surface area contributed by atoms with E-state index in [-0.39, 0.29) is 17.5 Å². The maximum atomic E-state index is 10.5. The predicted molar refractivity (Wildman–Crippen MR) is 40.8 cm³/mol. The van der Waals surface area contributed by atoms with Crippen molar-refractivity contribution in [3.05, 3.63) is 12.7 Å². The van der Waals surface area contributed by atoms with Gasteiger partial charge in [-0.15, -0.1) is 0 Å². The van der Waals surface area contributed by atoms with Crippen molar-refractivity contribution in [2.45, 2.75) is 6.10 Å². The van der Waals surface area contributed by atoms with Gasteiger partial charge in [0, 0.05) is 5.75 Å². The molecule has 0 spiro atoms. The molecule has 1 unspecified atom stereocenters. The fourth-order valence-corrected chi connectivity index (χ4v) is 0.870. The fraction of sp³-hybridized carbons (Fsp3) is 0.500. The van der Waals surface area contributed by atoms with Crippen LogP contribution in [0.15, 0.2) is 12.7 Å². The maximum absolute atomic E-state index is 10.5. The van der Waals surface area contributed by atoms with Crippen molar-refractivity contribution >= 4 is 16.9 Å². The lowest BCUT2D eigenvalue weighted by molar-refractivity contribution is -0.107. The summed E-state index contributed by atoms with van der Waals surface area (Å²) in [6.45, 7) is 2.94. The molecule has 0 aromatic rings. The fourth-order valence-electron chi connectivity index (χ4n) is 0.290. The molecule has 1 atom stereocenters. The first-order chi connectivity index (χ1) is 4.70. The molecule has 58 valence electrons. The average molecular weight is 162 g/mol. The first-order valence-electron chi connectivity index (χ1n) is 2.78. The third kappa shape index (κ3) is 4.55. The van der Waals surface area contributed by atoms with Crippen molar-refractivity contribution in [3.63, 3.8) is 0 Å². The molecule has 0 aliphatic carbocycles. The third-order valence-electron chi connectivity index (χ3n) is 0.795. The number of aliphatic hydroxyl groups is 2. The zero-order chi connectivity index (χ0) is 7.98. The van der Waals surface area contributed by atoms with Crippen LogP contribution in [0.1, 0.15) is 0 Å². The number of aliphatic hydroxyl groups excluding tert-OH is 2. The van der Waals surface area contributed by atoms with E-state index in [1.165, 1.54) is 6.08 Å². The normalized spacial score (nSPS) is 12.6. The van der Waals surface area contributed by atoms with E-state index in [1.54, 1.807) is 0 Å². The number of hydrogen-bond donors (Lipinski definition) is 2. The Labute approximate surface area is 63.7 Å². The van der Waals surface area contributed by atoms with Crippen LogP contribution in [-0.4, -0.2) is 33.8 Å². The SMILES string of the molecule is C=CC(=O)SCC(O)CO. The van der Waals surface area contributed by atoms with Crippen molar-refractivity contribution in [1.82, 2.24) is 0 Å². The van der Waals surface area contributed by atoms with Gasteiger partial charge in [0.25, 0.3) is 0 Å². The average Bonchev–Trinajstić information content (AvgIpc) is 1.99. The smallest absolute Gasteiger partial charge is 0.211 e. The van der Waals surface area contributed by atoms with Gasteiger partial charge < -0.3 is 10.2 Å². The summed E-state index contributed by atoms with van der Waals surface area (Å²) in [5.41, 5.74) is 0. The van der Waals surface area contributed by atoms with Crippen LogP contribution in [0.2, 0.25) is 0 Å². The second-order valence-corrected chi connectivity index (χ2v) is 2.69. The van der Waals surface area contributed by atoms with E-state index < -0.39 is 6.10 Å². The van der Waals surface area contributed by atoms with Crippen LogP contribution in [0.5, 0.6) is 0 Å². The lowest BCUT2D eigenvalue weighted by Crippen LogP contribution is -2.15. The Morgan fingerprint density at radius 1 is 1.80 bits per heavy atom. The van der Waals surface area contributed by atoms with Gasteiger partial charge >= 0.3 is 0 Å². The third-order valence-corrected chi connectivity index (χ3v) is 1.80. The standard InChI is InChI=1S/C6H10O3S/c1-2-6(9)10-4-5(8)3-7/h2,5,7-8H,1,3-4H2. The van der Waals surface area contributed by atoms with Gasteiger partial charge in [-0.25, -0.2) is 0 Å². The number of rotatable bonds is 4. The van der Waals surface area contributed by atoms with Crippen LogP contribution in [-0.2, 0) is 4.79 Å². The van der Waals surface area contributed by atoms with E-state index in [4.69, 9.17) is 10.2 Å². The van der Waals surface area contributed by atoms with Gasteiger partial charge in [0.05, 0.1) is 12.7 Å². The monoisotopic (exact) mass is 162 g/mol. The van der Waals surface area contributed by atoms with Crippen molar-refractivity contribution in [3.8, 4) is 0 Å². The van der Waals surface area contributed by atoms with E-state index in [9.17, 15) is 4.79 Å². The first-order valence-corrected chi connectivity index (χ1v) is 3.77.